The van der Waals surface area contributed by atoms with Crippen molar-refractivity contribution in [2.75, 3.05) is 0 Å². The van der Waals surface area contributed by atoms with Gasteiger partial charge in [0.2, 0.25) is 0 Å². The average Bonchev–Trinajstić information content (AvgIpc) is 4.28. The fraction of sp³-hybridized carbons (Fsp3) is 0. The van der Waals surface area contributed by atoms with Gasteiger partial charge in [-0.3, -0.25) is 0 Å². The smallest absolute Gasteiger partial charge is 0.143 e. The van der Waals surface area contributed by atoms with Gasteiger partial charge < -0.3 is 18.1 Å². The van der Waals surface area contributed by atoms with E-state index in [9.17, 15) is 10.5 Å². The van der Waals surface area contributed by atoms with E-state index in [0.717, 1.165) is 81.8 Å². The third kappa shape index (κ3) is 5.82. The molecule has 0 aliphatic heterocycles. The summed E-state index contributed by atoms with van der Waals surface area (Å²) in [6, 6.07) is 85.5. The lowest BCUT2D eigenvalue weighted by molar-refractivity contribution is 0.670. The summed E-state index contributed by atoms with van der Waals surface area (Å²) in [4.78, 5) is 0. The highest BCUT2D eigenvalue weighted by molar-refractivity contribution is 7.27. The van der Waals surface area contributed by atoms with Gasteiger partial charge in [-0.2, -0.15) is 10.5 Å². The van der Waals surface area contributed by atoms with Crippen LogP contribution < -0.4 is 0 Å². The molecule has 12 aromatic carbocycles. The van der Waals surface area contributed by atoms with Gasteiger partial charge in [-0.1, -0.05) is 164 Å². The third-order valence-corrected chi connectivity index (χ3v) is 21.1. The number of thiophene rings is 3. The van der Waals surface area contributed by atoms with Crippen molar-refractivity contribution in [1.82, 2.24) is 13.7 Å². The lowest BCUT2D eigenvalue weighted by Gasteiger charge is -2.26. The first kappa shape index (κ1) is 45.2. The summed E-state index contributed by atoms with van der Waals surface area (Å²) in [5, 5.41) is 41.4. The molecule has 382 valence electrons. The minimum atomic E-state index is 0.406. The Morgan fingerprint density at radius 1 is 0.301 bits per heavy atom. The molecular weight excluding hydrogens is 1070 g/mol. The van der Waals surface area contributed by atoms with E-state index in [2.05, 4.69) is 232 Å². The van der Waals surface area contributed by atoms with Crippen LogP contribution in [0.2, 0.25) is 0 Å². The fourth-order valence-electron chi connectivity index (χ4n) is 14.2. The van der Waals surface area contributed by atoms with Gasteiger partial charge in [0.1, 0.15) is 28.9 Å². The van der Waals surface area contributed by atoms with Gasteiger partial charge in [0.25, 0.3) is 0 Å². The van der Waals surface area contributed by atoms with E-state index in [1.54, 1.807) is 34.0 Å². The number of rotatable bonds is 4. The molecule has 19 rings (SSSR count). The molecule has 0 fully saturated rings. The quantitative estimate of drug-likeness (QED) is 0.176. The summed E-state index contributed by atoms with van der Waals surface area (Å²) in [6.45, 7) is 0. The molecule has 0 bridgehead atoms. The van der Waals surface area contributed by atoms with Crippen molar-refractivity contribution in [2.24, 2.45) is 0 Å². The summed E-state index contributed by atoms with van der Waals surface area (Å²) in [7, 11) is 0. The first-order valence-corrected chi connectivity index (χ1v) is 30.1. The fourth-order valence-corrected chi connectivity index (χ4v) is 18.0. The van der Waals surface area contributed by atoms with Crippen molar-refractivity contribution in [1.29, 1.82) is 10.5 Å². The van der Waals surface area contributed by atoms with Crippen molar-refractivity contribution >= 4 is 182 Å². The van der Waals surface area contributed by atoms with E-state index in [-0.39, 0.29) is 0 Å². The molecule has 0 aliphatic rings. The van der Waals surface area contributed by atoms with Crippen molar-refractivity contribution in [3.8, 4) is 40.3 Å². The highest BCUT2D eigenvalue weighted by Gasteiger charge is 2.35. The first-order chi connectivity index (χ1) is 41.1. The Labute approximate surface area is 483 Å². The second kappa shape index (κ2) is 16.5. The monoisotopic (exact) mass is 1110 g/mol. The van der Waals surface area contributed by atoms with E-state index in [0.29, 0.717) is 44.9 Å². The largest absolute Gasteiger partial charge is 0.455 e. The molecule has 0 amide bonds. The van der Waals surface area contributed by atoms with Crippen molar-refractivity contribution in [3.05, 3.63) is 236 Å². The summed E-state index contributed by atoms with van der Waals surface area (Å²) in [5.41, 5.74) is 10.9. The molecule has 0 saturated carbocycles. The highest BCUT2D eigenvalue weighted by atomic mass is 32.1. The van der Waals surface area contributed by atoms with E-state index in [1.807, 2.05) is 18.2 Å². The van der Waals surface area contributed by atoms with Crippen LogP contribution in [0.15, 0.2) is 229 Å². The van der Waals surface area contributed by atoms with Gasteiger partial charge in [-0.25, -0.2) is 0 Å². The van der Waals surface area contributed by atoms with Crippen LogP contribution in [0.5, 0.6) is 0 Å². The number of hydrogen-bond donors (Lipinski definition) is 0. The van der Waals surface area contributed by atoms with Crippen LogP contribution in [0, 0.1) is 22.7 Å². The number of aromatic nitrogens is 3. The lowest BCUT2D eigenvalue weighted by atomic mass is 9.90. The summed E-state index contributed by atoms with van der Waals surface area (Å²) >= 11 is 5.40. The molecule has 83 heavy (non-hydrogen) atoms. The molecule has 0 spiro atoms. The van der Waals surface area contributed by atoms with Crippen LogP contribution in [0.1, 0.15) is 11.1 Å². The molecule has 19 aromatic rings. The predicted octanol–water partition coefficient (Wildman–Crippen LogP) is 21.4. The maximum Gasteiger partial charge on any atom is 0.143 e. The summed E-state index contributed by atoms with van der Waals surface area (Å²) in [5.74, 6) is 0. The topological polar surface area (TPSA) is 75.5 Å². The van der Waals surface area contributed by atoms with Crippen LogP contribution in [0.4, 0.5) is 0 Å². The van der Waals surface area contributed by atoms with Crippen LogP contribution >= 0.6 is 34.0 Å². The van der Waals surface area contributed by atoms with E-state index in [4.69, 9.17) is 4.42 Å². The third-order valence-electron chi connectivity index (χ3n) is 17.5. The molecule has 9 heteroatoms. The Kier molecular flexibility index (Phi) is 9.02. The maximum atomic E-state index is 13.0. The molecule has 0 atom stereocenters. The Hall–Kier alpha value is -10.5. The van der Waals surface area contributed by atoms with Crippen molar-refractivity contribution < 1.29 is 4.42 Å². The molecular formula is C74H37N5OS3. The van der Waals surface area contributed by atoms with Gasteiger partial charge in [0.05, 0.1) is 55.7 Å². The molecule has 0 radical (unpaired) electrons. The van der Waals surface area contributed by atoms with E-state index >= 15 is 0 Å². The maximum absolute atomic E-state index is 13.0. The number of para-hydroxylation sites is 5. The number of nitrogens with zero attached hydrogens (tertiary/aromatic N) is 5. The van der Waals surface area contributed by atoms with Gasteiger partial charge in [-0.15, -0.1) is 34.0 Å². The molecule has 0 unspecified atom stereocenters. The molecule has 0 saturated heterocycles. The Morgan fingerprint density at radius 2 is 0.675 bits per heavy atom. The predicted molar refractivity (Wildman–Crippen MR) is 350 cm³/mol. The average molecular weight is 1110 g/mol. The Bertz CT molecular complexity index is 6240. The molecule has 6 nitrogen and oxygen atoms in total. The molecule has 7 heterocycles. The number of hydrogen-bond acceptors (Lipinski definition) is 6. The highest BCUT2D eigenvalue weighted by Crippen LogP contribution is 2.54. The van der Waals surface area contributed by atoms with Crippen LogP contribution in [-0.2, 0) is 0 Å². The zero-order chi connectivity index (χ0) is 54.3. The zero-order valence-electron chi connectivity index (χ0n) is 43.7. The molecule has 0 aliphatic carbocycles. The number of benzene rings is 12. The van der Waals surface area contributed by atoms with E-state index < -0.39 is 0 Å². The summed E-state index contributed by atoms with van der Waals surface area (Å²) < 4.78 is 21.1. The second-order valence-electron chi connectivity index (χ2n) is 21.5. The van der Waals surface area contributed by atoms with Crippen LogP contribution in [0.25, 0.3) is 176 Å². The minimum Gasteiger partial charge on any atom is -0.455 e. The number of furan rings is 1. The van der Waals surface area contributed by atoms with Gasteiger partial charge in [-0.05, 0) is 60.7 Å². The first-order valence-electron chi connectivity index (χ1n) is 27.6. The van der Waals surface area contributed by atoms with Crippen molar-refractivity contribution in [2.45, 2.75) is 0 Å². The number of fused-ring (bicyclic) bond motifs is 24. The molecule has 0 N–H and O–H groups in total. The Balaban J connectivity index is 1.09. The lowest BCUT2D eigenvalue weighted by Crippen LogP contribution is -2.14. The van der Waals surface area contributed by atoms with Gasteiger partial charge in [0, 0.05) is 115 Å². The zero-order valence-corrected chi connectivity index (χ0v) is 46.2. The van der Waals surface area contributed by atoms with Crippen molar-refractivity contribution in [3.63, 3.8) is 0 Å². The van der Waals surface area contributed by atoms with Gasteiger partial charge >= 0.3 is 0 Å². The van der Waals surface area contributed by atoms with Gasteiger partial charge in [0.15, 0.2) is 0 Å². The van der Waals surface area contributed by atoms with E-state index in [1.165, 1.54) is 60.5 Å². The number of nitriles is 2. The SMILES string of the molecule is N#Cc1c(-c2cccc3c2oc2ccccc23)c(-n2c3ccccc3c3c4sc5ccccc5c4ccc32)c(C#N)c(-n2c3ccccc3c3c4sc5ccccc5c4ccc32)c1-n1c2ccccc2c2c3sc4ccccc4c3ccc21. The summed E-state index contributed by atoms with van der Waals surface area (Å²) in [6.07, 6.45) is 0. The van der Waals surface area contributed by atoms with Crippen LogP contribution in [0.3, 0.4) is 0 Å². The van der Waals surface area contributed by atoms with Crippen LogP contribution in [-0.4, -0.2) is 13.7 Å². The normalized spacial score (nSPS) is 12.3. The second-order valence-corrected chi connectivity index (χ2v) is 24.7. The molecule has 7 aromatic heterocycles. The minimum absolute atomic E-state index is 0.406. The standard InChI is InChI=1S/C74H37N5OS3/c75-38-52-64(51-24-15-23-44-40-16-4-11-28-60(40)80-71(44)51)68(77-54-25-8-1-20-48(54)65-57(77)35-32-45-41-17-5-12-29-61(41)81-72(45)65)53(39-76)70(79-56-27-10-3-22-50(56)67-59(79)37-34-47-43-19-7-14-31-63(43)83-74(47)67)69(52)78-55-26-9-2-21-49(55)66-58(78)36-33-46-42-18-6-13-30-62(42)82-73(46)66/h1-37H. The Morgan fingerprint density at radius 3 is 1.13 bits per heavy atom.